The predicted octanol–water partition coefficient (Wildman–Crippen LogP) is 3.15. The molecule has 5 nitrogen and oxygen atoms in total. The Labute approximate surface area is 155 Å². The standard InChI is InChI=1S/C21H27N3O2/c1-3-16(2)18-8-4-5-9-20(18)26-15-21(25)24-12-11-23-14-19(24)17-7-6-10-22-13-17/h4-10,13,16,19,23H,3,11-12,14-15H2,1-2H3. The second-order valence-corrected chi connectivity index (χ2v) is 6.73. The van der Waals surface area contributed by atoms with Crippen LogP contribution in [0, 0.1) is 0 Å². The fourth-order valence-electron chi connectivity index (χ4n) is 3.34. The lowest BCUT2D eigenvalue weighted by atomic mass is 9.98. The SMILES string of the molecule is CCC(C)c1ccccc1OCC(=O)N1CCNCC1c1cccnc1. The van der Waals surface area contributed by atoms with E-state index >= 15 is 0 Å². The van der Waals surface area contributed by atoms with E-state index in [0.717, 1.165) is 36.4 Å². The number of pyridine rings is 1. The molecule has 3 rings (SSSR count). The van der Waals surface area contributed by atoms with Crippen LogP contribution in [0.2, 0.25) is 0 Å². The number of piperazine rings is 1. The van der Waals surface area contributed by atoms with Gasteiger partial charge in [-0.2, -0.15) is 0 Å². The molecule has 0 aliphatic carbocycles. The molecule has 1 saturated heterocycles. The van der Waals surface area contributed by atoms with Gasteiger partial charge < -0.3 is 15.0 Å². The van der Waals surface area contributed by atoms with Gasteiger partial charge in [0.2, 0.25) is 0 Å². The molecule has 2 heterocycles. The molecule has 0 bridgehead atoms. The lowest BCUT2D eigenvalue weighted by Crippen LogP contribution is -2.50. The maximum Gasteiger partial charge on any atom is 0.261 e. The van der Waals surface area contributed by atoms with Crippen LogP contribution in [0.5, 0.6) is 5.75 Å². The predicted molar refractivity (Wildman–Crippen MR) is 102 cm³/mol. The van der Waals surface area contributed by atoms with Crippen LogP contribution in [-0.2, 0) is 4.79 Å². The molecule has 1 amide bonds. The number of nitrogens with one attached hydrogen (secondary N) is 1. The lowest BCUT2D eigenvalue weighted by Gasteiger charge is -2.36. The molecule has 0 saturated carbocycles. The number of hydrogen-bond acceptors (Lipinski definition) is 4. The van der Waals surface area contributed by atoms with Crippen LogP contribution in [0.3, 0.4) is 0 Å². The summed E-state index contributed by atoms with van der Waals surface area (Å²) in [5.74, 6) is 1.23. The summed E-state index contributed by atoms with van der Waals surface area (Å²) in [5.41, 5.74) is 2.21. The maximum atomic E-state index is 12.9. The minimum absolute atomic E-state index is 0.00152. The summed E-state index contributed by atoms with van der Waals surface area (Å²) in [6.07, 6.45) is 4.62. The van der Waals surface area contributed by atoms with Gasteiger partial charge in [-0.05, 0) is 35.6 Å². The van der Waals surface area contributed by atoms with Crippen LogP contribution in [0.15, 0.2) is 48.8 Å². The number of amides is 1. The fourth-order valence-corrected chi connectivity index (χ4v) is 3.34. The Balaban J connectivity index is 1.69. The van der Waals surface area contributed by atoms with E-state index < -0.39 is 0 Å². The molecule has 1 fully saturated rings. The number of para-hydroxylation sites is 1. The molecule has 1 aliphatic rings. The molecule has 1 aliphatic heterocycles. The first kappa shape index (κ1) is 18.4. The number of rotatable bonds is 6. The van der Waals surface area contributed by atoms with E-state index in [-0.39, 0.29) is 18.6 Å². The first-order valence-corrected chi connectivity index (χ1v) is 9.32. The summed E-state index contributed by atoms with van der Waals surface area (Å²) in [7, 11) is 0. The molecule has 0 radical (unpaired) electrons. The largest absolute Gasteiger partial charge is 0.483 e. The Hall–Kier alpha value is -2.40. The van der Waals surface area contributed by atoms with Crippen LogP contribution in [0.1, 0.15) is 43.4 Å². The number of aromatic nitrogens is 1. The van der Waals surface area contributed by atoms with Crippen molar-refractivity contribution in [3.8, 4) is 5.75 Å². The number of hydrogen-bond donors (Lipinski definition) is 1. The van der Waals surface area contributed by atoms with E-state index in [1.54, 1.807) is 6.20 Å². The Kier molecular flexibility index (Phi) is 6.23. The van der Waals surface area contributed by atoms with Gasteiger partial charge in [-0.3, -0.25) is 9.78 Å². The van der Waals surface area contributed by atoms with Gasteiger partial charge in [0.15, 0.2) is 6.61 Å². The van der Waals surface area contributed by atoms with Gasteiger partial charge >= 0.3 is 0 Å². The minimum Gasteiger partial charge on any atom is -0.483 e. The summed E-state index contributed by atoms with van der Waals surface area (Å²) in [4.78, 5) is 19.0. The molecular weight excluding hydrogens is 326 g/mol. The van der Waals surface area contributed by atoms with Gasteiger partial charge in [0.25, 0.3) is 5.91 Å². The molecule has 138 valence electrons. The Morgan fingerprint density at radius 3 is 2.96 bits per heavy atom. The molecule has 2 aromatic rings. The van der Waals surface area contributed by atoms with E-state index in [4.69, 9.17) is 4.74 Å². The summed E-state index contributed by atoms with van der Waals surface area (Å²) in [6.45, 7) is 6.61. The first-order chi connectivity index (χ1) is 12.7. The van der Waals surface area contributed by atoms with E-state index in [1.165, 1.54) is 0 Å². The number of ether oxygens (including phenoxy) is 1. The molecule has 1 aromatic heterocycles. The van der Waals surface area contributed by atoms with Crippen molar-refractivity contribution < 1.29 is 9.53 Å². The third kappa shape index (κ3) is 4.22. The van der Waals surface area contributed by atoms with Gasteiger partial charge in [0, 0.05) is 32.0 Å². The van der Waals surface area contributed by atoms with Crippen molar-refractivity contribution >= 4 is 5.91 Å². The summed E-state index contributed by atoms with van der Waals surface area (Å²) < 4.78 is 5.93. The highest BCUT2D eigenvalue weighted by atomic mass is 16.5. The average molecular weight is 353 g/mol. The van der Waals surface area contributed by atoms with Gasteiger partial charge in [-0.25, -0.2) is 0 Å². The van der Waals surface area contributed by atoms with E-state index in [2.05, 4.69) is 30.2 Å². The van der Waals surface area contributed by atoms with Crippen molar-refractivity contribution in [1.82, 2.24) is 15.2 Å². The first-order valence-electron chi connectivity index (χ1n) is 9.32. The van der Waals surface area contributed by atoms with Crippen molar-refractivity contribution in [1.29, 1.82) is 0 Å². The topological polar surface area (TPSA) is 54.5 Å². The van der Waals surface area contributed by atoms with Crippen molar-refractivity contribution in [2.75, 3.05) is 26.2 Å². The average Bonchev–Trinajstić information content (AvgIpc) is 2.72. The quantitative estimate of drug-likeness (QED) is 0.867. The van der Waals surface area contributed by atoms with Crippen LogP contribution in [0.4, 0.5) is 0 Å². The Bertz CT molecular complexity index is 720. The number of carbonyl (C=O) groups is 1. The monoisotopic (exact) mass is 353 g/mol. The number of benzene rings is 1. The minimum atomic E-state index is -0.00152. The third-order valence-electron chi connectivity index (χ3n) is 5.05. The Morgan fingerprint density at radius 1 is 1.35 bits per heavy atom. The molecule has 1 aromatic carbocycles. The third-order valence-corrected chi connectivity index (χ3v) is 5.05. The van der Waals surface area contributed by atoms with E-state index in [0.29, 0.717) is 12.5 Å². The van der Waals surface area contributed by atoms with Gasteiger partial charge in [-0.15, -0.1) is 0 Å². The van der Waals surface area contributed by atoms with Gasteiger partial charge in [-0.1, -0.05) is 38.1 Å². The highest BCUT2D eigenvalue weighted by molar-refractivity contribution is 5.78. The summed E-state index contributed by atoms with van der Waals surface area (Å²) >= 11 is 0. The van der Waals surface area contributed by atoms with Gasteiger partial charge in [0.05, 0.1) is 6.04 Å². The van der Waals surface area contributed by atoms with Crippen LogP contribution < -0.4 is 10.1 Å². The molecule has 2 atom stereocenters. The molecule has 26 heavy (non-hydrogen) atoms. The second kappa shape index (κ2) is 8.81. The zero-order valence-electron chi connectivity index (χ0n) is 15.5. The van der Waals surface area contributed by atoms with Crippen LogP contribution >= 0.6 is 0 Å². The lowest BCUT2D eigenvalue weighted by molar-refractivity contribution is -0.136. The van der Waals surface area contributed by atoms with Crippen molar-refractivity contribution in [3.63, 3.8) is 0 Å². The highest BCUT2D eigenvalue weighted by Crippen LogP contribution is 2.29. The van der Waals surface area contributed by atoms with Crippen LogP contribution in [-0.4, -0.2) is 42.0 Å². The maximum absolute atomic E-state index is 12.9. The molecule has 2 unspecified atom stereocenters. The molecule has 1 N–H and O–H groups in total. The normalized spacial score (nSPS) is 18.4. The smallest absolute Gasteiger partial charge is 0.261 e. The van der Waals surface area contributed by atoms with E-state index in [1.807, 2.05) is 41.4 Å². The van der Waals surface area contributed by atoms with E-state index in [9.17, 15) is 4.79 Å². The van der Waals surface area contributed by atoms with Crippen molar-refractivity contribution in [2.24, 2.45) is 0 Å². The zero-order valence-corrected chi connectivity index (χ0v) is 15.5. The number of carbonyl (C=O) groups excluding carboxylic acids is 1. The summed E-state index contributed by atoms with van der Waals surface area (Å²) in [6, 6.07) is 11.9. The Morgan fingerprint density at radius 2 is 2.19 bits per heavy atom. The molecule has 0 spiro atoms. The zero-order chi connectivity index (χ0) is 18.4. The second-order valence-electron chi connectivity index (χ2n) is 6.73. The molecule has 5 heteroatoms. The fraction of sp³-hybridized carbons (Fsp3) is 0.429. The van der Waals surface area contributed by atoms with Crippen molar-refractivity contribution in [3.05, 3.63) is 59.9 Å². The number of nitrogens with zero attached hydrogens (tertiary/aromatic N) is 2. The summed E-state index contributed by atoms with van der Waals surface area (Å²) in [5, 5.41) is 3.36. The highest BCUT2D eigenvalue weighted by Gasteiger charge is 2.28. The van der Waals surface area contributed by atoms with Crippen LogP contribution in [0.25, 0.3) is 0 Å². The molecular formula is C21H27N3O2. The van der Waals surface area contributed by atoms with Crippen molar-refractivity contribution in [2.45, 2.75) is 32.2 Å². The van der Waals surface area contributed by atoms with Gasteiger partial charge in [0.1, 0.15) is 5.75 Å².